The van der Waals surface area contributed by atoms with Crippen LogP contribution >= 0.6 is 11.8 Å². The highest BCUT2D eigenvalue weighted by atomic mass is 32.2. The number of carbonyl (C=O) groups excluding carboxylic acids is 1. The number of likely N-dealkylation sites (N-methyl/N-ethyl adjacent to an activating group) is 2. The number of methoxy groups -OCH3 is 3. The summed E-state index contributed by atoms with van der Waals surface area (Å²) in [6.07, 6.45) is 1.87. The standard InChI is InChI=1S/C31H38N2O6S.C2H2O4/c1-32(17-19-38-23-13-15-27(36-4)28(21-23)37-5)16-8-9-18-39-26-14-12-22(35-3)20-24(26)30-31(34)33(2)25-10-6-7-11-29(25)40-30;3-1(4)2(5)6/h6-7,10-15,20-21,30H,8-9,16-19H2,1-5H3;(H,3,4)(H,5,6). The van der Waals surface area contributed by atoms with Crippen molar-refractivity contribution in [2.75, 3.05) is 66.6 Å². The van der Waals surface area contributed by atoms with Crippen LogP contribution in [-0.4, -0.2) is 94.7 Å². The summed E-state index contributed by atoms with van der Waals surface area (Å²) in [5, 5.41) is 14.4. The molecule has 1 atom stereocenters. The van der Waals surface area contributed by atoms with E-state index in [1.54, 1.807) is 38.0 Å². The van der Waals surface area contributed by atoms with Crippen molar-refractivity contribution >= 4 is 35.3 Å². The number of aliphatic carboxylic acids is 2. The van der Waals surface area contributed by atoms with E-state index in [0.717, 1.165) is 53.6 Å². The molecule has 0 aliphatic carbocycles. The van der Waals surface area contributed by atoms with Gasteiger partial charge in [-0.2, -0.15) is 0 Å². The summed E-state index contributed by atoms with van der Waals surface area (Å²) in [6, 6.07) is 19.2. The largest absolute Gasteiger partial charge is 0.497 e. The molecule has 248 valence electrons. The van der Waals surface area contributed by atoms with Crippen LogP contribution < -0.4 is 28.6 Å². The molecule has 46 heavy (non-hydrogen) atoms. The second-order valence-corrected chi connectivity index (χ2v) is 11.2. The number of fused-ring (bicyclic) bond motifs is 1. The molecule has 0 fully saturated rings. The van der Waals surface area contributed by atoms with E-state index in [-0.39, 0.29) is 5.91 Å². The molecule has 0 saturated heterocycles. The van der Waals surface area contributed by atoms with Crippen molar-refractivity contribution in [3.8, 4) is 28.7 Å². The Hall–Kier alpha value is -4.62. The van der Waals surface area contributed by atoms with Crippen LogP contribution in [0.1, 0.15) is 23.7 Å². The molecule has 1 aliphatic rings. The van der Waals surface area contributed by atoms with E-state index in [4.69, 9.17) is 43.5 Å². The number of benzene rings is 3. The third-order valence-electron chi connectivity index (χ3n) is 7.00. The van der Waals surface area contributed by atoms with Gasteiger partial charge in [-0.1, -0.05) is 12.1 Å². The van der Waals surface area contributed by atoms with Gasteiger partial charge in [-0.3, -0.25) is 4.79 Å². The summed E-state index contributed by atoms with van der Waals surface area (Å²) in [4.78, 5) is 36.5. The fourth-order valence-corrected chi connectivity index (χ4v) is 5.80. The summed E-state index contributed by atoms with van der Waals surface area (Å²) >= 11 is 1.55. The highest BCUT2D eigenvalue weighted by molar-refractivity contribution is 8.00. The maximum absolute atomic E-state index is 13.3. The Bertz CT molecular complexity index is 1470. The summed E-state index contributed by atoms with van der Waals surface area (Å²) < 4.78 is 28.2. The fraction of sp³-hybridized carbons (Fsp3) is 0.364. The average Bonchev–Trinajstić information content (AvgIpc) is 3.06. The van der Waals surface area contributed by atoms with E-state index < -0.39 is 17.2 Å². The monoisotopic (exact) mass is 656 g/mol. The topological polar surface area (TPSA) is 144 Å². The number of rotatable bonds is 14. The van der Waals surface area contributed by atoms with Crippen LogP contribution in [0.2, 0.25) is 0 Å². The number of carboxylic acids is 2. The van der Waals surface area contributed by atoms with E-state index >= 15 is 0 Å². The molecular weight excluding hydrogens is 616 g/mol. The van der Waals surface area contributed by atoms with Gasteiger partial charge in [0, 0.05) is 30.1 Å². The minimum absolute atomic E-state index is 0.0266. The highest BCUT2D eigenvalue weighted by Crippen LogP contribution is 2.48. The van der Waals surface area contributed by atoms with Crippen LogP contribution in [0.15, 0.2) is 65.6 Å². The van der Waals surface area contributed by atoms with Gasteiger partial charge in [-0.05, 0) is 68.9 Å². The SMILES string of the molecule is COc1ccc(OCCCCN(C)CCOc2ccc(OC)c(OC)c2)c(C2Sc3ccccc3N(C)C2=O)c1.O=C(O)C(=O)O. The Balaban J connectivity index is 0.000000875. The molecule has 1 unspecified atom stereocenters. The van der Waals surface area contributed by atoms with Crippen LogP contribution in [0.25, 0.3) is 0 Å². The van der Waals surface area contributed by atoms with Crippen LogP contribution in [0, 0.1) is 0 Å². The number of carboxylic acid groups (broad SMARTS) is 2. The second kappa shape index (κ2) is 17.8. The van der Waals surface area contributed by atoms with Crippen molar-refractivity contribution in [3.63, 3.8) is 0 Å². The second-order valence-electron chi connectivity index (χ2n) is 10.1. The van der Waals surface area contributed by atoms with Crippen molar-refractivity contribution in [1.82, 2.24) is 4.90 Å². The van der Waals surface area contributed by atoms with Gasteiger partial charge in [0.1, 0.15) is 29.1 Å². The van der Waals surface area contributed by atoms with Crippen molar-refractivity contribution in [1.29, 1.82) is 0 Å². The zero-order valence-electron chi connectivity index (χ0n) is 26.6. The number of amides is 1. The van der Waals surface area contributed by atoms with Crippen molar-refractivity contribution in [2.45, 2.75) is 23.0 Å². The number of ether oxygens (including phenoxy) is 5. The molecule has 12 nitrogen and oxygen atoms in total. The van der Waals surface area contributed by atoms with Crippen molar-refractivity contribution in [3.05, 3.63) is 66.2 Å². The molecule has 1 amide bonds. The summed E-state index contributed by atoms with van der Waals surface area (Å²) in [5.41, 5.74) is 1.76. The van der Waals surface area contributed by atoms with E-state index in [9.17, 15) is 4.79 Å². The van der Waals surface area contributed by atoms with Gasteiger partial charge < -0.3 is 43.7 Å². The third-order valence-corrected chi connectivity index (χ3v) is 8.29. The van der Waals surface area contributed by atoms with Gasteiger partial charge in [-0.15, -0.1) is 11.8 Å². The summed E-state index contributed by atoms with van der Waals surface area (Å²) in [5.74, 6) is -0.123. The number of nitrogens with zero attached hydrogens (tertiary/aromatic N) is 2. The minimum atomic E-state index is -1.82. The molecule has 0 bridgehead atoms. The maximum atomic E-state index is 13.3. The van der Waals surface area contributed by atoms with E-state index in [1.807, 2.05) is 67.7 Å². The van der Waals surface area contributed by atoms with Gasteiger partial charge in [-0.25, -0.2) is 9.59 Å². The van der Waals surface area contributed by atoms with Gasteiger partial charge in [0.05, 0.1) is 33.6 Å². The Kier molecular flexibility index (Phi) is 13.8. The number of hydrogen-bond donors (Lipinski definition) is 2. The zero-order valence-corrected chi connectivity index (χ0v) is 27.4. The number of carbonyl (C=O) groups is 3. The lowest BCUT2D eigenvalue weighted by atomic mass is 10.1. The Morgan fingerprint density at radius 3 is 2.15 bits per heavy atom. The minimum Gasteiger partial charge on any atom is -0.497 e. The van der Waals surface area contributed by atoms with Crippen molar-refractivity contribution in [2.24, 2.45) is 0 Å². The lowest BCUT2D eigenvalue weighted by molar-refractivity contribution is -0.159. The lowest BCUT2D eigenvalue weighted by Gasteiger charge is -2.32. The Labute approximate surface area is 272 Å². The lowest BCUT2D eigenvalue weighted by Crippen LogP contribution is -2.33. The summed E-state index contributed by atoms with van der Waals surface area (Å²) in [7, 11) is 8.76. The number of thioether (sulfide) groups is 1. The van der Waals surface area contributed by atoms with E-state index in [2.05, 4.69) is 11.9 Å². The van der Waals surface area contributed by atoms with Gasteiger partial charge in [0.25, 0.3) is 0 Å². The van der Waals surface area contributed by atoms with Gasteiger partial charge in [0.15, 0.2) is 11.5 Å². The average molecular weight is 657 g/mol. The third kappa shape index (κ3) is 9.94. The molecule has 1 heterocycles. The number of unbranched alkanes of at least 4 members (excludes halogenated alkanes) is 1. The molecule has 4 rings (SSSR count). The molecule has 3 aromatic carbocycles. The predicted molar refractivity (Wildman–Crippen MR) is 174 cm³/mol. The van der Waals surface area contributed by atoms with Gasteiger partial charge >= 0.3 is 11.9 Å². The normalized spacial score (nSPS) is 13.7. The summed E-state index contributed by atoms with van der Waals surface area (Å²) in [6.45, 7) is 2.86. The number of hydrogen-bond acceptors (Lipinski definition) is 10. The number of anilines is 1. The first-order valence-corrected chi connectivity index (χ1v) is 15.3. The Morgan fingerprint density at radius 1 is 0.804 bits per heavy atom. The molecule has 2 N–H and O–H groups in total. The zero-order chi connectivity index (χ0) is 33.6. The molecule has 3 aromatic rings. The molecule has 1 aliphatic heterocycles. The first-order valence-electron chi connectivity index (χ1n) is 14.4. The molecule has 0 saturated carbocycles. The molecule has 13 heteroatoms. The van der Waals surface area contributed by atoms with Crippen LogP contribution in [0.5, 0.6) is 28.7 Å². The first-order chi connectivity index (χ1) is 22.1. The fourth-order valence-electron chi connectivity index (χ4n) is 4.50. The van der Waals surface area contributed by atoms with E-state index in [0.29, 0.717) is 30.5 Å². The quantitative estimate of drug-likeness (QED) is 0.181. The highest BCUT2D eigenvalue weighted by Gasteiger charge is 2.34. The maximum Gasteiger partial charge on any atom is 0.414 e. The molecule has 0 aromatic heterocycles. The Morgan fingerprint density at radius 2 is 1.48 bits per heavy atom. The number of para-hydroxylation sites is 1. The van der Waals surface area contributed by atoms with Crippen molar-refractivity contribution < 1.29 is 48.3 Å². The smallest absolute Gasteiger partial charge is 0.414 e. The molecule has 0 radical (unpaired) electrons. The van der Waals surface area contributed by atoms with Crippen LogP contribution in [0.4, 0.5) is 5.69 Å². The molecule has 0 spiro atoms. The van der Waals surface area contributed by atoms with Crippen LogP contribution in [0.3, 0.4) is 0 Å². The predicted octanol–water partition coefficient (Wildman–Crippen LogP) is 4.85. The van der Waals surface area contributed by atoms with Crippen LogP contribution in [-0.2, 0) is 14.4 Å². The molecular formula is C33H40N2O10S. The van der Waals surface area contributed by atoms with Gasteiger partial charge in [0.2, 0.25) is 5.91 Å². The van der Waals surface area contributed by atoms with E-state index in [1.165, 1.54) is 0 Å². The first kappa shape index (κ1) is 35.9.